The number of hydrogen-bond donors (Lipinski definition) is 2. The average molecular weight is 432 g/mol. The van der Waals surface area contributed by atoms with E-state index in [0.717, 1.165) is 16.6 Å². The van der Waals surface area contributed by atoms with Crippen LogP contribution in [0.15, 0.2) is 54.7 Å². The Balaban J connectivity index is 1.39. The van der Waals surface area contributed by atoms with Crippen molar-refractivity contribution in [1.82, 2.24) is 20.0 Å². The van der Waals surface area contributed by atoms with Gasteiger partial charge in [-0.15, -0.1) is 0 Å². The van der Waals surface area contributed by atoms with E-state index in [0.29, 0.717) is 38.2 Å². The van der Waals surface area contributed by atoms with E-state index in [1.165, 1.54) is 4.90 Å². The van der Waals surface area contributed by atoms with Gasteiger partial charge in [-0.05, 0) is 43.2 Å². The van der Waals surface area contributed by atoms with Crippen molar-refractivity contribution < 1.29 is 14.4 Å². The molecule has 164 valence electrons. The summed E-state index contributed by atoms with van der Waals surface area (Å²) in [4.78, 5) is 43.5. The van der Waals surface area contributed by atoms with Crippen LogP contribution in [-0.4, -0.2) is 69.6 Å². The Labute approximate surface area is 184 Å². The summed E-state index contributed by atoms with van der Waals surface area (Å²) < 4.78 is 0. The quantitative estimate of drug-likeness (QED) is 0.645. The summed E-state index contributed by atoms with van der Waals surface area (Å²) >= 11 is 0. The van der Waals surface area contributed by atoms with E-state index in [4.69, 9.17) is 5.73 Å². The predicted octanol–water partition coefficient (Wildman–Crippen LogP) is 1.33. The highest BCUT2D eigenvalue weighted by Gasteiger charge is 2.54. The smallest absolute Gasteiger partial charge is 0.253 e. The number of H-pyrrole nitrogens is 1. The predicted molar refractivity (Wildman–Crippen MR) is 119 cm³/mol. The summed E-state index contributed by atoms with van der Waals surface area (Å²) in [7, 11) is 0. The Bertz CT molecular complexity index is 1180. The number of para-hydroxylation sites is 1. The Kier molecular flexibility index (Phi) is 4.80. The average Bonchev–Trinajstić information content (AvgIpc) is 3.38. The molecule has 1 aromatic heterocycles. The maximum absolute atomic E-state index is 13.4. The van der Waals surface area contributed by atoms with E-state index in [9.17, 15) is 14.4 Å². The minimum absolute atomic E-state index is 0.0614. The van der Waals surface area contributed by atoms with E-state index in [2.05, 4.69) is 15.1 Å². The standard InChI is InChI=1S/C23H24N6O3/c24-20(30)14-28-15-29(18-4-2-1-3-5-18)23(22(28)32)8-10-27(11-9-23)21(31)16-6-7-19-17(12-16)13-25-26-19/h1-7,12-13H,8-11,14-15H2,(H2,24,30)(H,25,26). The van der Waals surface area contributed by atoms with Gasteiger partial charge in [0.2, 0.25) is 5.91 Å². The molecule has 2 aliphatic heterocycles. The van der Waals surface area contributed by atoms with Crippen molar-refractivity contribution in [3.8, 4) is 0 Å². The van der Waals surface area contributed by atoms with Gasteiger partial charge in [-0.3, -0.25) is 19.5 Å². The third kappa shape index (κ3) is 3.26. The number of carbonyl (C=O) groups is 3. The first-order chi connectivity index (χ1) is 15.5. The van der Waals surface area contributed by atoms with Crippen LogP contribution in [0.4, 0.5) is 5.69 Å². The zero-order chi connectivity index (χ0) is 22.3. The molecule has 9 heteroatoms. The number of piperidine rings is 1. The van der Waals surface area contributed by atoms with Gasteiger partial charge in [0.25, 0.3) is 11.8 Å². The summed E-state index contributed by atoms with van der Waals surface area (Å²) in [5.41, 5.74) is 6.99. The fourth-order valence-electron chi connectivity index (χ4n) is 4.85. The van der Waals surface area contributed by atoms with Crippen molar-refractivity contribution in [2.45, 2.75) is 18.4 Å². The largest absolute Gasteiger partial charge is 0.368 e. The lowest BCUT2D eigenvalue weighted by Gasteiger charge is -2.43. The summed E-state index contributed by atoms with van der Waals surface area (Å²) in [6, 6.07) is 15.2. The maximum Gasteiger partial charge on any atom is 0.253 e. The van der Waals surface area contributed by atoms with Gasteiger partial charge < -0.3 is 20.4 Å². The van der Waals surface area contributed by atoms with Crippen LogP contribution in [0.3, 0.4) is 0 Å². The van der Waals surface area contributed by atoms with Crippen LogP contribution in [-0.2, 0) is 9.59 Å². The first-order valence-electron chi connectivity index (χ1n) is 10.6. The van der Waals surface area contributed by atoms with Crippen LogP contribution < -0.4 is 10.6 Å². The number of nitrogens with two attached hydrogens (primary N) is 1. The van der Waals surface area contributed by atoms with Crippen molar-refractivity contribution in [2.75, 3.05) is 31.2 Å². The van der Waals surface area contributed by atoms with Crippen molar-refractivity contribution in [3.63, 3.8) is 0 Å². The first-order valence-corrected chi connectivity index (χ1v) is 10.6. The number of nitrogens with one attached hydrogen (secondary N) is 1. The number of nitrogens with zero attached hydrogens (tertiary/aromatic N) is 4. The molecule has 0 saturated carbocycles. The molecule has 5 rings (SSSR count). The maximum atomic E-state index is 13.4. The third-order valence-electron chi connectivity index (χ3n) is 6.49. The minimum Gasteiger partial charge on any atom is -0.368 e. The van der Waals surface area contributed by atoms with Crippen molar-refractivity contribution in [2.24, 2.45) is 5.73 Å². The van der Waals surface area contributed by atoms with Crippen LogP contribution in [0.5, 0.6) is 0 Å². The van der Waals surface area contributed by atoms with Crippen LogP contribution in [0, 0.1) is 0 Å². The molecule has 2 aromatic carbocycles. The Morgan fingerprint density at radius 3 is 2.56 bits per heavy atom. The van der Waals surface area contributed by atoms with Crippen LogP contribution >= 0.6 is 0 Å². The number of aromatic amines is 1. The zero-order valence-corrected chi connectivity index (χ0v) is 17.5. The van der Waals surface area contributed by atoms with E-state index in [1.54, 1.807) is 17.2 Å². The number of benzene rings is 2. The zero-order valence-electron chi connectivity index (χ0n) is 17.5. The van der Waals surface area contributed by atoms with Gasteiger partial charge in [0, 0.05) is 29.7 Å². The fourth-order valence-corrected chi connectivity index (χ4v) is 4.85. The Morgan fingerprint density at radius 2 is 1.84 bits per heavy atom. The Morgan fingerprint density at radius 1 is 1.09 bits per heavy atom. The number of rotatable bonds is 4. The molecule has 3 aromatic rings. The van der Waals surface area contributed by atoms with Crippen LogP contribution in [0.2, 0.25) is 0 Å². The van der Waals surface area contributed by atoms with E-state index >= 15 is 0 Å². The molecule has 9 nitrogen and oxygen atoms in total. The van der Waals surface area contributed by atoms with Gasteiger partial charge in [0.1, 0.15) is 12.1 Å². The summed E-state index contributed by atoms with van der Waals surface area (Å²) in [6.45, 7) is 1.08. The number of amides is 3. The molecule has 3 amide bonds. The van der Waals surface area contributed by atoms with Crippen molar-refractivity contribution in [1.29, 1.82) is 0 Å². The molecule has 2 aliphatic rings. The molecule has 0 radical (unpaired) electrons. The van der Waals surface area contributed by atoms with Crippen molar-refractivity contribution >= 4 is 34.3 Å². The third-order valence-corrected chi connectivity index (χ3v) is 6.49. The van der Waals surface area contributed by atoms with E-state index in [1.807, 2.05) is 42.5 Å². The summed E-state index contributed by atoms with van der Waals surface area (Å²) in [6.07, 6.45) is 2.66. The highest BCUT2D eigenvalue weighted by molar-refractivity contribution is 5.99. The van der Waals surface area contributed by atoms with Gasteiger partial charge in [-0.2, -0.15) is 5.10 Å². The monoisotopic (exact) mass is 432 g/mol. The SMILES string of the molecule is NC(=O)CN1CN(c2ccccc2)C2(CCN(C(=O)c3ccc4[nH]ncc4c3)CC2)C1=O. The lowest BCUT2D eigenvalue weighted by atomic mass is 9.85. The molecule has 0 atom stereocenters. The van der Waals surface area contributed by atoms with Gasteiger partial charge in [0.05, 0.1) is 18.4 Å². The molecular weight excluding hydrogens is 408 g/mol. The molecule has 3 N–H and O–H groups in total. The number of aromatic nitrogens is 2. The van der Waals surface area contributed by atoms with E-state index in [-0.39, 0.29) is 18.4 Å². The molecule has 32 heavy (non-hydrogen) atoms. The molecule has 3 heterocycles. The Hall–Kier alpha value is -3.88. The van der Waals surface area contributed by atoms with Crippen LogP contribution in [0.25, 0.3) is 10.9 Å². The normalized spacial score (nSPS) is 18.0. The molecule has 0 aliphatic carbocycles. The number of hydrogen-bond acceptors (Lipinski definition) is 5. The minimum atomic E-state index is -0.790. The second-order valence-corrected chi connectivity index (χ2v) is 8.37. The fraction of sp³-hybridized carbons (Fsp3) is 0.304. The first kappa shape index (κ1) is 20.0. The second kappa shape index (κ2) is 7.67. The van der Waals surface area contributed by atoms with Crippen LogP contribution in [0.1, 0.15) is 23.2 Å². The molecule has 0 unspecified atom stereocenters. The highest BCUT2D eigenvalue weighted by atomic mass is 16.2. The summed E-state index contributed by atoms with van der Waals surface area (Å²) in [5.74, 6) is -0.702. The summed E-state index contributed by atoms with van der Waals surface area (Å²) in [5, 5.41) is 7.77. The van der Waals surface area contributed by atoms with Gasteiger partial charge >= 0.3 is 0 Å². The molecular formula is C23H24N6O3. The molecule has 2 saturated heterocycles. The lowest BCUT2D eigenvalue weighted by Crippen LogP contribution is -2.57. The number of primary amides is 1. The van der Waals surface area contributed by atoms with Gasteiger partial charge in [-0.25, -0.2) is 0 Å². The highest BCUT2D eigenvalue weighted by Crippen LogP contribution is 2.39. The van der Waals surface area contributed by atoms with Crippen molar-refractivity contribution in [3.05, 3.63) is 60.3 Å². The topological polar surface area (TPSA) is 116 Å². The number of carbonyl (C=O) groups excluding carboxylic acids is 3. The second-order valence-electron chi connectivity index (χ2n) is 8.37. The lowest BCUT2D eigenvalue weighted by molar-refractivity contribution is -0.136. The van der Waals surface area contributed by atoms with E-state index < -0.39 is 11.4 Å². The molecule has 2 fully saturated rings. The number of fused-ring (bicyclic) bond motifs is 1. The molecule has 0 bridgehead atoms. The number of likely N-dealkylation sites (tertiary alicyclic amines) is 1. The van der Waals surface area contributed by atoms with Gasteiger partial charge in [-0.1, -0.05) is 18.2 Å². The molecule has 1 spiro atoms. The van der Waals surface area contributed by atoms with Gasteiger partial charge in [0.15, 0.2) is 0 Å². The number of anilines is 1.